The van der Waals surface area contributed by atoms with Crippen LogP contribution in [0, 0.1) is 11.8 Å². The maximum Gasteiger partial charge on any atom is 0.405 e. The fraction of sp³-hybridized carbons (Fsp3) is 0.533. The van der Waals surface area contributed by atoms with Crippen LogP contribution in [-0.2, 0) is 28.6 Å². The van der Waals surface area contributed by atoms with Crippen LogP contribution in [-0.4, -0.2) is 80.5 Å². The van der Waals surface area contributed by atoms with Gasteiger partial charge >= 0.3 is 6.09 Å². The molecule has 5 N–H and O–H groups in total. The van der Waals surface area contributed by atoms with Crippen molar-refractivity contribution in [3.8, 4) is 0 Å². The first-order chi connectivity index (χ1) is 19.8. The fourth-order valence-corrected chi connectivity index (χ4v) is 4.95. The van der Waals surface area contributed by atoms with Crippen molar-refractivity contribution in [2.45, 2.75) is 65.0 Å². The van der Waals surface area contributed by atoms with Gasteiger partial charge < -0.3 is 35.7 Å². The number of methoxy groups -OCH3 is 2. The van der Waals surface area contributed by atoms with Gasteiger partial charge in [0.15, 0.2) is 6.10 Å². The van der Waals surface area contributed by atoms with Crippen LogP contribution >= 0.6 is 0 Å². The highest BCUT2D eigenvalue weighted by atomic mass is 19.1. The van der Waals surface area contributed by atoms with E-state index in [0.29, 0.717) is 12.0 Å². The van der Waals surface area contributed by atoms with Crippen LogP contribution in [0.3, 0.4) is 0 Å². The Balaban J connectivity index is 2.61. The minimum absolute atomic E-state index is 0.0175. The molecule has 0 saturated carbocycles. The average molecular weight is 592 g/mol. The summed E-state index contributed by atoms with van der Waals surface area (Å²) in [6.07, 6.45) is 3.29. The van der Waals surface area contributed by atoms with Gasteiger partial charge in [-0.05, 0) is 38.2 Å². The van der Waals surface area contributed by atoms with Crippen LogP contribution in [0.5, 0.6) is 0 Å². The van der Waals surface area contributed by atoms with Crippen molar-refractivity contribution in [3.05, 3.63) is 58.5 Å². The second kappa shape index (κ2) is 16.1. The third-order valence-electron chi connectivity index (χ3n) is 7.19. The molecule has 1 heterocycles. The van der Waals surface area contributed by atoms with E-state index >= 15 is 0 Å². The molecule has 0 saturated heterocycles. The van der Waals surface area contributed by atoms with Crippen molar-refractivity contribution in [2.75, 3.05) is 27.4 Å². The molecule has 2 amide bonds. The van der Waals surface area contributed by atoms with E-state index < -0.39 is 60.6 Å². The molecule has 11 nitrogen and oxygen atoms in total. The zero-order chi connectivity index (χ0) is 31.6. The second-order valence-corrected chi connectivity index (χ2v) is 10.5. The van der Waals surface area contributed by atoms with Crippen LogP contribution in [0.4, 0.5) is 9.18 Å². The SMILES string of the molecule is CO[C@H]1C[C@H](C)CC2=C(NCCF)C(=O)C=C(NC(=O)/C(C)=C\C=C\[C@@H](OC)[C@@H](OC(N)=O)/C(C)=C/[C@H](C)[C@@H]1O)C2=O. The number of hydrogen-bond acceptors (Lipinski definition) is 9. The number of ether oxygens (including phenoxy) is 3. The lowest BCUT2D eigenvalue weighted by atomic mass is 9.85. The molecule has 2 bridgehead atoms. The van der Waals surface area contributed by atoms with Crippen molar-refractivity contribution >= 4 is 23.6 Å². The number of carbonyl (C=O) groups excluding carboxylic acids is 4. The van der Waals surface area contributed by atoms with Crippen LogP contribution < -0.4 is 16.4 Å². The number of alkyl halides is 1. The highest BCUT2D eigenvalue weighted by molar-refractivity contribution is 6.23. The fourth-order valence-electron chi connectivity index (χ4n) is 4.95. The quantitative estimate of drug-likeness (QED) is 0.268. The van der Waals surface area contributed by atoms with E-state index in [1.54, 1.807) is 26.0 Å². The summed E-state index contributed by atoms with van der Waals surface area (Å²) < 4.78 is 29.4. The molecular weight excluding hydrogens is 549 g/mol. The zero-order valence-corrected chi connectivity index (χ0v) is 24.9. The van der Waals surface area contributed by atoms with E-state index in [4.69, 9.17) is 19.9 Å². The molecule has 12 heteroatoms. The van der Waals surface area contributed by atoms with Crippen molar-refractivity contribution in [3.63, 3.8) is 0 Å². The lowest BCUT2D eigenvalue weighted by Crippen LogP contribution is -2.38. The predicted octanol–water partition coefficient (Wildman–Crippen LogP) is 2.32. The molecule has 232 valence electrons. The Hall–Kier alpha value is -3.61. The number of nitrogens with one attached hydrogen (secondary N) is 2. The van der Waals surface area contributed by atoms with Crippen molar-refractivity contribution in [1.82, 2.24) is 10.6 Å². The predicted molar refractivity (Wildman–Crippen MR) is 154 cm³/mol. The summed E-state index contributed by atoms with van der Waals surface area (Å²) in [6, 6.07) is 0. The van der Waals surface area contributed by atoms with E-state index in [1.165, 1.54) is 33.3 Å². The van der Waals surface area contributed by atoms with Gasteiger partial charge in [0, 0.05) is 43.9 Å². The number of aliphatic hydroxyl groups is 1. The summed E-state index contributed by atoms with van der Waals surface area (Å²) in [6.45, 7) is 5.92. The maximum absolute atomic E-state index is 13.5. The molecular formula is C30H42FN3O8. The summed E-state index contributed by atoms with van der Waals surface area (Å²) in [5.74, 6) is -2.49. The summed E-state index contributed by atoms with van der Waals surface area (Å²) in [4.78, 5) is 51.1. The zero-order valence-electron chi connectivity index (χ0n) is 24.9. The summed E-state index contributed by atoms with van der Waals surface area (Å²) >= 11 is 0. The minimum Gasteiger partial charge on any atom is -0.439 e. The molecule has 1 aliphatic carbocycles. The van der Waals surface area contributed by atoms with E-state index in [9.17, 15) is 28.7 Å². The topological polar surface area (TPSA) is 166 Å². The minimum atomic E-state index is -1.02. The van der Waals surface area contributed by atoms with Crippen molar-refractivity contribution < 1.29 is 42.9 Å². The molecule has 0 unspecified atom stereocenters. The highest BCUT2D eigenvalue weighted by Gasteiger charge is 2.33. The van der Waals surface area contributed by atoms with Crippen LogP contribution in [0.1, 0.15) is 40.5 Å². The van der Waals surface area contributed by atoms with Gasteiger partial charge in [-0.15, -0.1) is 0 Å². The number of primary amides is 1. The lowest BCUT2D eigenvalue weighted by Gasteiger charge is -2.30. The number of hydrogen-bond donors (Lipinski definition) is 4. The normalized spacial score (nSPS) is 31.7. The number of ketones is 2. The molecule has 0 radical (unpaired) electrons. The van der Waals surface area contributed by atoms with Gasteiger partial charge in [-0.25, -0.2) is 9.18 Å². The first-order valence-corrected chi connectivity index (χ1v) is 13.7. The number of amides is 2. The van der Waals surface area contributed by atoms with Crippen molar-refractivity contribution in [2.24, 2.45) is 17.6 Å². The number of aliphatic hydroxyl groups excluding tert-OH is 1. The number of rotatable bonds is 6. The number of fused-ring (bicyclic) bond motifs is 2. The molecule has 42 heavy (non-hydrogen) atoms. The molecule has 0 spiro atoms. The molecule has 6 atom stereocenters. The molecule has 0 fully saturated rings. The van der Waals surface area contributed by atoms with Gasteiger partial charge in [-0.2, -0.15) is 0 Å². The summed E-state index contributed by atoms with van der Waals surface area (Å²) in [5.41, 5.74) is 5.99. The first kappa shape index (κ1) is 34.6. The number of carbonyl (C=O) groups is 4. The molecule has 0 aromatic rings. The van der Waals surface area contributed by atoms with E-state index in [0.717, 1.165) is 6.08 Å². The van der Waals surface area contributed by atoms with Gasteiger partial charge in [-0.3, -0.25) is 14.4 Å². The Morgan fingerprint density at radius 3 is 2.48 bits per heavy atom. The van der Waals surface area contributed by atoms with Gasteiger partial charge in [0.1, 0.15) is 12.8 Å². The Labute approximate surface area is 245 Å². The third kappa shape index (κ3) is 9.20. The van der Waals surface area contributed by atoms with Crippen LogP contribution in [0.15, 0.2) is 58.5 Å². The van der Waals surface area contributed by atoms with E-state index in [1.807, 2.05) is 6.92 Å². The lowest BCUT2D eigenvalue weighted by molar-refractivity contribution is -0.120. The Bertz CT molecular complexity index is 1190. The number of Topliss-reactive ketones (excluding diaryl/α,β-unsaturated/α-hetero) is 1. The third-order valence-corrected chi connectivity index (χ3v) is 7.19. The average Bonchev–Trinajstić information content (AvgIpc) is 2.94. The smallest absolute Gasteiger partial charge is 0.405 e. The van der Waals surface area contributed by atoms with Crippen molar-refractivity contribution in [1.29, 1.82) is 0 Å². The molecule has 1 aliphatic heterocycles. The largest absolute Gasteiger partial charge is 0.439 e. The molecule has 2 rings (SSSR count). The van der Waals surface area contributed by atoms with Gasteiger partial charge in [0.25, 0.3) is 5.91 Å². The van der Waals surface area contributed by atoms with E-state index in [-0.39, 0.29) is 41.4 Å². The Morgan fingerprint density at radius 2 is 1.88 bits per heavy atom. The van der Waals surface area contributed by atoms with Gasteiger partial charge in [0.05, 0.1) is 23.6 Å². The number of nitrogens with two attached hydrogens (primary N) is 1. The molecule has 2 aliphatic rings. The Morgan fingerprint density at radius 1 is 1.19 bits per heavy atom. The molecule has 0 aromatic heterocycles. The molecule has 0 aromatic carbocycles. The van der Waals surface area contributed by atoms with E-state index in [2.05, 4.69) is 10.6 Å². The standard InChI is InChI=1S/C30H42FN3O8/c1-16-12-20-25(33-11-10-31)22(35)15-21(27(20)37)34-29(38)17(2)8-7-9-23(40-5)28(42-30(32)39)19(4)14-18(3)26(36)24(13-16)41-6/h7-9,14-16,18,23-24,26,28,33,36H,10-13H2,1-6H3,(H2,32,39)(H,34,38)/b9-7+,17-8-,19-14+/t16-,18+,23-,24+,26+,28+/m1/s1. The van der Waals surface area contributed by atoms with Gasteiger partial charge in [0.2, 0.25) is 11.6 Å². The van der Waals surface area contributed by atoms with Crippen LogP contribution in [0.2, 0.25) is 0 Å². The van der Waals surface area contributed by atoms with Crippen LogP contribution in [0.25, 0.3) is 0 Å². The Kier molecular flexibility index (Phi) is 13.3. The highest BCUT2D eigenvalue weighted by Crippen LogP contribution is 2.28. The number of allylic oxidation sites excluding steroid dienone is 4. The second-order valence-electron chi connectivity index (χ2n) is 10.5. The maximum atomic E-state index is 13.5. The number of halogens is 1. The summed E-state index contributed by atoms with van der Waals surface area (Å²) in [7, 11) is 2.87. The monoisotopic (exact) mass is 591 g/mol. The summed E-state index contributed by atoms with van der Waals surface area (Å²) in [5, 5.41) is 16.4. The van der Waals surface area contributed by atoms with Gasteiger partial charge in [-0.1, -0.05) is 38.2 Å². The first-order valence-electron chi connectivity index (χ1n) is 13.7.